The van der Waals surface area contributed by atoms with Crippen molar-refractivity contribution >= 4 is 0 Å². The minimum atomic E-state index is 0. The second-order valence-electron chi connectivity index (χ2n) is 1.72. The van der Waals surface area contributed by atoms with Crippen LogP contribution in [0.2, 0.25) is 0 Å². The van der Waals surface area contributed by atoms with Gasteiger partial charge in [-0.3, -0.25) is 0 Å². The Morgan fingerprint density at radius 2 is 1.62 bits per heavy atom. The summed E-state index contributed by atoms with van der Waals surface area (Å²) in [5.41, 5.74) is 0. The van der Waals surface area contributed by atoms with Crippen molar-refractivity contribution in [1.29, 1.82) is 0 Å². The Balaban J connectivity index is 0. The Bertz CT molecular complexity index is 19.6. The summed E-state index contributed by atoms with van der Waals surface area (Å²) in [5, 5.41) is 0. The second-order valence-corrected chi connectivity index (χ2v) is 1.72. The molecule has 0 bridgehead atoms. The first-order valence-corrected chi connectivity index (χ1v) is 3.02. The van der Waals surface area contributed by atoms with Crippen LogP contribution < -0.4 is 0 Å². The maximum absolute atomic E-state index is 3.49. The van der Waals surface area contributed by atoms with E-state index in [1.54, 1.807) is 0 Å². The summed E-state index contributed by atoms with van der Waals surface area (Å²) in [5.74, 6) is 0. The molecule has 1 radical (unpaired) electrons. The van der Waals surface area contributed by atoms with Crippen molar-refractivity contribution in [3.63, 3.8) is 0 Å². The van der Waals surface area contributed by atoms with E-state index in [2.05, 4.69) is 13.3 Å². The van der Waals surface area contributed by atoms with Gasteiger partial charge in [-0.15, -0.1) is 6.42 Å². The molecule has 0 atom stereocenters. The Hall–Kier alpha value is 1.10. The standard InChI is InChI=1S/C4H7.C3H7.Y/c1-2-4-3-1;1-3-2;/h1H,2-4H2;1,3H2,2H3;/q2*-1;. The molecular formula is C7H14Y-2. The minimum absolute atomic E-state index is 0. The molecular weight excluding hydrogens is 173 g/mol. The average Bonchev–Trinajstić information content (AvgIpc) is 1.27. The van der Waals surface area contributed by atoms with Crippen molar-refractivity contribution in [3.05, 3.63) is 13.3 Å². The summed E-state index contributed by atoms with van der Waals surface area (Å²) < 4.78 is 0. The molecule has 1 saturated carbocycles. The van der Waals surface area contributed by atoms with Gasteiger partial charge in [-0.1, -0.05) is 6.92 Å². The summed E-state index contributed by atoms with van der Waals surface area (Å²) >= 11 is 0. The number of hydrogen-bond donors (Lipinski definition) is 0. The summed E-state index contributed by atoms with van der Waals surface area (Å²) in [6.07, 6.45) is 7.50. The average molecular weight is 187 g/mol. The Morgan fingerprint density at radius 1 is 1.50 bits per heavy atom. The van der Waals surface area contributed by atoms with Crippen LogP contribution in [0.25, 0.3) is 0 Å². The van der Waals surface area contributed by atoms with Crippen LogP contribution in [0, 0.1) is 13.3 Å². The fraction of sp³-hybridized carbons (Fsp3) is 0.714. The van der Waals surface area contributed by atoms with E-state index in [0.717, 1.165) is 6.42 Å². The van der Waals surface area contributed by atoms with Gasteiger partial charge in [0.25, 0.3) is 0 Å². The molecule has 0 unspecified atom stereocenters. The Morgan fingerprint density at radius 3 is 1.62 bits per heavy atom. The van der Waals surface area contributed by atoms with Crippen LogP contribution in [0.15, 0.2) is 0 Å². The second kappa shape index (κ2) is 11.0. The molecule has 0 amide bonds. The van der Waals surface area contributed by atoms with E-state index in [1.807, 2.05) is 6.92 Å². The fourth-order valence-corrected chi connectivity index (χ4v) is 0.204. The van der Waals surface area contributed by atoms with Crippen molar-refractivity contribution in [2.75, 3.05) is 0 Å². The Labute approximate surface area is 78.3 Å². The van der Waals surface area contributed by atoms with E-state index >= 15 is 0 Å². The van der Waals surface area contributed by atoms with Gasteiger partial charge in [-0.25, -0.2) is 0 Å². The van der Waals surface area contributed by atoms with Crippen LogP contribution in [-0.4, -0.2) is 0 Å². The zero-order valence-electron chi connectivity index (χ0n) is 5.69. The van der Waals surface area contributed by atoms with Crippen LogP contribution in [0.4, 0.5) is 0 Å². The molecule has 0 aromatic rings. The Kier molecular flexibility index (Phi) is 16.3. The van der Waals surface area contributed by atoms with E-state index in [9.17, 15) is 0 Å². The maximum atomic E-state index is 3.49. The van der Waals surface area contributed by atoms with Gasteiger partial charge in [0.2, 0.25) is 0 Å². The molecule has 1 rings (SSSR count). The summed E-state index contributed by atoms with van der Waals surface area (Å²) in [7, 11) is 0. The first-order chi connectivity index (χ1) is 3.41. The molecule has 0 spiro atoms. The molecule has 0 aromatic carbocycles. The number of rotatable bonds is 0. The van der Waals surface area contributed by atoms with Gasteiger partial charge in [-0.05, 0) is 0 Å². The molecule has 0 aromatic heterocycles. The fourth-order valence-electron chi connectivity index (χ4n) is 0.204. The maximum Gasteiger partial charge on any atom is 0 e. The zero-order valence-corrected chi connectivity index (χ0v) is 8.53. The van der Waals surface area contributed by atoms with Gasteiger partial charge >= 0.3 is 0 Å². The van der Waals surface area contributed by atoms with Gasteiger partial charge in [0.05, 0.1) is 0 Å². The summed E-state index contributed by atoms with van der Waals surface area (Å²) in [6, 6.07) is 0. The summed E-state index contributed by atoms with van der Waals surface area (Å²) in [4.78, 5) is 0. The zero-order chi connectivity index (χ0) is 5.54. The predicted molar refractivity (Wildman–Crippen MR) is 33.8 cm³/mol. The van der Waals surface area contributed by atoms with E-state index in [1.165, 1.54) is 19.3 Å². The smallest absolute Gasteiger partial charge is 0 e. The molecule has 1 aliphatic carbocycles. The van der Waals surface area contributed by atoms with Crippen molar-refractivity contribution in [2.45, 2.75) is 32.6 Å². The first-order valence-electron chi connectivity index (χ1n) is 3.02. The van der Waals surface area contributed by atoms with E-state index < -0.39 is 0 Å². The van der Waals surface area contributed by atoms with Gasteiger partial charge in [-0.2, -0.15) is 19.3 Å². The van der Waals surface area contributed by atoms with Crippen LogP contribution in [0.1, 0.15) is 32.6 Å². The molecule has 1 heteroatoms. The molecule has 0 heterocycles. The van der Waals surface area contributed by atoms with Gasteiger partial charge in [0.15, 0.2) is 0 Å². The minimum Gasteiger partial charge on any atom is -0.344 e. The number of hydrogen-bond acceptors (Lipinski definition) is 0. The molecule has 0 nitrogen and oxygen atoms in total. The van der Waals surface area contributed by atoms with E-state index in [-0.39, 0.29) is 32.7 Å². The van der Waals surface area contributed by atoms with E-state index in [4.69, 9.17) is 0 Å². The third kappa shape index (κ3) is 10.2. The van der Waals surface area contributed by atoms with E-state index in [0.29, 0.717) is 0 Å². The molecule has 1 fully saturated rings. The van der Waals surface area contributed by atoms with Crippen LogP contribution in [0.5, 0.6) is 0 Å². The SMILES string of the molecule is [CH-]1CCC1.[CH2-]CC.[Y]. The molecule has 1 aliphatic rings. The first kappa shape index (κ1) is 11.8. The van der Waals surface area contributed by atoms with Crippen molar-refractivity contribution in [2.24, 2.45) is 0 Å². The topological polar surface area (TPSA) is 0 Å². The quantitative estimate of drug-likeness (QED) is 0.511. The monoisotopic (exact) mass is 187 g/mol. The van der Waals surface area contributed by atoms with Gasteiger partial charge in [0.1, 0.15) is 0 Å². The molecule has 8 heavy (non-hydrogen) atoms. The predicted octanol–water partition coefficient (Wildman–Crippen LogP) is 2.60. The van der Waals surface area contributed by atoms with Gasteiger partial charge in [0, 0.05) is 32.7 Å². The van der Waals surface area contributed by atoms with Gasteiger partial charge < -0.3 is 13.3 Å². The molecule has 0 saturated heterocycles. The van der Waals surface area contributed by atoms with Crippen molar-refractivity contribution in [1.82, 2.24) is 0 Å². The molecule has 47 valence electrons. The van der Waals surface area contributed by atoms with Crippen molar-refractivity contribution in [3.8, 4) is 0 Å². The summed E-state index contributed by atoms with van der Waals surface area (Å²) in [6.45, 7) is 5.50. The largest absolute Gasteiger partial charge is 0.344 e. The van der Waals surface area contributed by atoms with Crippen molar-refractivity contribution < 1.29 is 32.7 Å². The molecule has 0 aliphatic heterocycles. The van der Waals surface area contributed by atoms with Crippen LogP contribution >= 0.6 is 0 Å². The third-order valence-electron chi connectivity index (χ3n) is 0.816. The molecule has 0 N–H and O–H groups in total. The van der Waals surface area contributed by atoms with Crippen LogP contribution in [-0.2, 0) is 32.7 Å². The normalized spacial score (nSPS) is 14.2. The third-order valence-corrected chi connectivity index (χ3v) is 0.816. The van der Waals surface area contributed by atoms with Crippen LogP contribution in [0.3, 0.4) is 0 Å².